The third kappa shape index (κ3) is 11.5. The number of aromatic nitrogens is 1. The number of nitrogens with one attached hydrogen (secondary N) is 4. The lowest BCUT2D eigenvalue weighted by atomic mass is 9.56. The second-order valence-corrected chi connectivity index (χ2v) is 20.2. The number of halogens is 6. The van der Waals surface area contributed by atoms with Crippen molar-refractivity contribution in [2.24, 2.45) is 16.7 Å². The maximum Gasteiger partial charge on any atom is 0.257 e. The average Bonchev–Trinajstić information content (AvgIpc) is 3.92. The molecular weight excluding hydrogens is 990 g/mol. The number of nitriles is 1. The number of nitrogens with zero attached hydrogens (tertiary/aromatic N) is 3. The number of rotatable bonds is 17. The van der Waals surface area contributed by atoms with E-state index in [4.69, 9.17) is 37.4 Å². The predicted octanol–water partition coefficient (Wildman–Crippen LogP) is 8.41. The lowest BCUT2D eigenvalue weighted by molar-refractivity contribution is -0.123. The molecule has 2 aliphatic heterocycles. The normalized spacial score (nSPS) is 23.1. The fraction of sp³-hybridized carbons (Fsp3) is 0.420. The number of methoxy groups -OCH3 is 1. The van der Waals surface area contributed by atoms with Crippen LogP contribution in [0.3, 0.4) is 0 Å². The van der Waals surface area contributed by atoms with Crippen molar-refractivity contribution in [2.75, 3.05) is 63.3 Å². The summed E-state index contributed by atoms with van der Waals surface area (Å²) in [6.45, 7) is 7.57. The Labute approximate surface area is 422 Å². The predicted molar refractivity (Wildman–Crippen MR) is 262 cm³/mol. The molecule has 1 aliphatic carbocycles. The first-order valence-electron chi connectivity index (χ1n) is 22.8. The number of alkyl halides is 1. The van der Waals surface area contributed by atoms with E-state index < -0.39 is 88.1 Å². The lowest BCUT2D eigenvalue weighted by Crippen LogP contribution is -2.59. The summed E-state index contributed by atoms with van der Waals surface area (Å²) in [6, 6.07) is 11.2. The smallest absolute Gasteiger partial charge is 0.257 e. The number of hydrogen-bond donors (Lipinski definition) is 5. The molecule has 4 aromatic rings. The van der Waals surface area contributed by atoms with Crippen molar-refractivity contribution >= 4 is 63.1 Å². The number of carbonyl (C=O) groups is 3. The Morgan fingerprint density at radius 1 is 1.06 bits per heavy atom. The van der Waals surface area contributed by atoms with Crippen molar-refractivity contribution in [1.29, 1.82) is 5.26 Å². The number of aliphatic hydroxyl groups is 1. The van der Waals surface area contributed by atoms with Gasteiger partial charge in [-0.3, -0.25) is 19.7 Å². The van der Waals surface area contributed by atoms with Crippen LogP contribution in [0.5, 0.6) is 11.5 Å². The second-order valence-electron chi connectivity index (χ2n) is 18.6. The van der Waals surface area contributed by atoms with Crippen LogP contribution in [-0.4, -0.2) is 98.9 Å². The summed E-state index contributed by atoms with van der Waals surface area (Å²) in [5.74, 6) is -8.55. The molecule has 0 radical (unpaired) electrons. The molecule has 71 heavy (non-hydrogen) atoms. The second kappa shape index (κ2) is 22.3. The Hall–Kier alpha value is -5.75. The number of amides is 3. The number of allylic oxidation sites excluding steroid dienone is 4. The molecule has 6 atom stereocenters. The molecule has 3 amide bonds. The van der Waals surface area contributed by atoms with Gasteiger partial charge in [0.1, 0.15) is 28.9 Å². The van der Waals surface area contributed by atoms with E-state index in [0.29, 0.717) is 50.0 Å². The van der Waals surface area contributed by atoms with Crippen molar-refractivity contribution in [3.63, 3.8) is 0 Å². The molecule has 14 nitrogen and oxygen atoms in total. The van der Waals surface area contributed by atoms with Crippen LogP contribution in [0.15, 0.2) is 77.2 Å². The minimum absolute atomic E-state index is 0.0595. The van der Waals surface area contributed by atoms with E-state index in [1.807, 2.05) is 4.90 Å². The number of morpholine rings is 1. The average molecular weight is 1040 g/mol. The number of hydrogen-bond acceptors (Lipinski definition) is 12. The van der Waals surface area contributed by atoms with Crippen LogP contribution in [0.4, 0.5) is 28.4 Å². The molecular formula is C50H53Cl2F4N7O7S. The van der Waals surface area contributed by atoms with E-state index in [1.54, 1.807) is 26.2 Å². The first-order chi connectivity index (χ1) is 33.8. The topological polar surface area (TPSA) is 187 Å². The van der Waals surface area contributed by atoms with E-state index in [-0.39, 0.29) is 57.7 Å². The Bertz CT molecular complexity index is 2750. The Morgan fingerprint density at radius 3 is 2.48 bits per heavy atom. The van der Waals surface area contributed by atoms with Crippen molar-refractivity contribution in [3.05, 3.63) is 111 Å². The highest BCUT2D eigenvalue weighted by atomic mass is 35.5. The summed E-state index contributed by atoms with van der Waals surface area (Å²) in [4.78, 5) is 47.1. The fourth-order valence-corrected chi connectivity index (χ4v) is 10.6. The Kier molecular flexibility index (Phi) is 16.7. The van der Waals surface area contributed by atoms with Crippen LogP contribution in [0.2, 0.25) is 5.02 Å². The number of anilines is 2. The molecule has 2 unspecified atom stereocenters. The van der Waals surface area contributed by atoms with E-state index in [0.717, 1.165) is 12.1 Å². The molecule has 7 rings (SSSR count). The first-order valence-corrected chi connectivity index (χ1v) is 24.4. The quantitative estimate of drug-likeness (QED) is 0.0505. The van der Waals surface area contributed by atoms with Gasteiger partial charge < -0.3 is 40.2 Å². The van der Waals surface area contributed by atoms with Crippen molar-refractivity contribution in [1.82, 2.24) is 20.9 Å². The van der Waals surface area contributed by atoms with Gasteiger partial charge in [0.05, 0.1) is 48.8 Å². The SMILES string of the molecule is COc1cc(C(=O)NCCCCNC(=O)COc2c(-c3csc(N4CCOCC4)n3)ccc(F)c2F)ccc1NC(=O)[C@@H]1N[C@](O)(CC(C)(C)C)[C@](C#N)(C2C=CC(Cl)=CC2F)[C@H]1c1cccc(Cl)c1F. The number of carbonyl (C=O) groups excluding carboxylic acids is 3. The van der Waals surface area contributed by atoms with Gasteiger partial charge in [-0.2, -0.15) is 9.65 Å². The van der Waals surface area contributed by atoms with E-state index >= 15 is 8.78 Å². The summed E-state index contributed by atoms with van der Waals surface area (Å²) in [7, 11) is 1.32. The van der Waals surface area contributed by atoms with Gasteiger partial charge in [0.25, 0.3) is 11.8 Å². The van der Waals surface area contributed by atoms with Crippen LogP contribution >= 0.6 is 34.5 Å². The van der Waals surface area contributed by atoms with Gasteiger partial charge >= 0.3 is 0 Å². The minimum atomic E-state index is -2.29. The summed E-state index contributed by atoms with van der Waals surface area (Å²) in [5.41, 5.74) is -4.61. The van der Waals surface area contributed by atoms with Gasteiger partial charge in [-0.05, 0) is 78.8 Å². The fourth-order valence-electron chi connectivity index (χ4n) is 9.36. The zero-order valence-corrected chi connectivity index (χ0v) is 41.6. The molecule has 2 fully saturated rings. The monoisotopic (exact) mass is 1040 g/mol. The third-order valence-electron chi connectivity index (χ3n) is 12.5. The highest BCUT2D eigenvalue weighted by Crippen LogP contribution is 2.61. The summed E-state index contributed by atoms with van der Waals surface area (Å²) < 4.78 is 78.2. The Morgan fingerprint density at radius 2 is 1.79 bits per heavy atom. The zero-order chi connectivity index (χ0) is 51.3. The molecule has 1 aromatic heterocycles. The molecule has 378 valence electrons. The maximum absolute atomic E-state index is 16.2. The molecule has 3 heterocycles. The van der Waals surface area contributed by atoms with E-state index in [9.17, 15) is 33.5 Å². The van der Waals surface area contributed by atoms with Gasteiger partial charge in [-0.25, -0.2) is 18.2 Å². The molecule has 3 aromatic carbocycles. The summed E-state index contributed by atoms with van der Waals surface area (Å²) >= 11 is 13.8. The molecule has 21 heteroatoms. The van der Waals surface area contributed by atoms with Crippen molar-refractivity contribution < 1.29 is 51.3 Å². The van der Waals surface area contributed by atoms with Crippen LogP contribution in [0, 0.1) is 45.5 Å². The van der Waals surface area contributed by atoms with Crippen LogP contribution < -0.4 is 35.6 Å². The molecule has 0 spiro atoms. The maximum atomic E-state index is 16.2. The van der Waals surface area contributed by atoms with E-state index in [2.05, 4.69) is 32.3 Å². The van der Waals surface area contributed by atoms with Crippen LogP contribution in [0.25, 0.3) is 11.3 Å². The Balaban J connectivity index is 0.970. The minimum Gasteiger partial charge on any atom is -0.495 e. The summed E-state index contributed by atoms with van der Waals surface area (Å²) in [6.07, 6.45) is 2.62. The number of thiazole rings is 1. The number of ether oxygens (including phenoxy) is 3. The number of unbranched alkanes of at least 4 members (excludes halogenated alkanes) is 1. The molecule has 0 saturated carbocycles. The molecule has 0 bridgehead atoms. The van der Waals surface area contributed by atoms with Gasteiger partial charge in [0.2, 0.25) is 11.7 Å². The van der Waals surface area contributed by atoms with Crippen LogP contribution in [0.1, 0.15) is 61.9 Å². The molecule has 3 aliphatic rings. The summed E-state index contributed by atoms with van der Waals surface area (Å²) in [5, 5.41) is 37.2. The van der Waals surface area contributed by atoms with Gasteiger partial charge in [0, 0.05) is 59.6 Å². The van der Waals surface area contributed by atoms with Gasteiger partial charge in [-0.15, -0.1) is 11.3 Å². The van der Waals surface area contributed by atoms with Crippen LogP contribution in [-0.2, 0) is 14.3 Å². The standard InChI is InChI=1S/C50H53Cl2F4N7O7S/c1-48(2,3)26-50(67)49(27-57,32-13-11-29(51)23-35(32)54)40(31-8-7-9-33(52)41(31)55)43(62-50)46(66)60-36-15-10-28(22-38(36)68-4)45(65)59-17-6-5-16-58-39(64)24-70-44-30(12-14-34(53)42(44)56)37-25-71-47(61-37)63-18-20-69-21-19-63/h7-15,22-23,25,32,35,40,43,62,67H,5-6,16-21,24,26H2,1-4H3,(H,58,64)(H,59,65)(H,60,66)/t32?,35?,40-,43+,49+,50-/m0/s1. The number of benzene rings is 3. The van der Waals surface area contributed by atoms with Gasteiger partial charge in [0.15, 0.2) is 23.3 Å². The third-order valence-corrected chi connectivity index (χ3v) is 13.9. The molecule has 5 N–H and O–H groups in total. The van der Waals surface area contributed by atoms with E-state index in [1.165, 1.54) is 73.1 Å². The molecule has 2 saturated heterocycles. The lowest BCUT2D eigenvalue weighted by Gasteiger charge is -2.47. The van der Waals surface area contributed by atoms with Crippen molar-refractivity contribution in [2.45, 2.75) is 63.9 Å². The highest BCUT2D eigenvalue weighted by Gasteiger charge is 2.71. The van der Waals surface area contributed by atoms with Crippen molar-refractivity contribution in [3.8, 4) is 28.8 Å². The largest absolute Gasteiger partial charge is 0.495 e. The first kappa shape index (κ1) is 53.1. The zero-order valence-electron chi connectivity index (χ0n) is 39.2. The highest BCUT2D eigenvalue weighted by molar-refractivity contribution is 7.14. The van der Waals surface area contributed by atoms with Gasteiger partial charge in [-0.1, -0.05) is 62.2 Å².